The van der Waals surface area contributed by atoms with E-state index in [0.29, 0.717) is 18.5 Å². The Kier molecular flexibility index (Phi) is 10.3. The monoisotopic (exact) mass is 679 g/mol. The molecule has 1 saturated carbocycles. The number of ether oxygens (including phenoxy) is 1. The predicted molar refractivity (Wildman–Crippen MR) is 151 cm³/mol. The molecule has 0 bridgehead atoms. The summed E-state index contributed by atoms with van der Waals surface area (Å²) in [4.78, 5) is 41.8. The normalized spacial score (nSPS) is 26.8. The van der Waals surface area contributed by atoms with E-state index in [-0.39, 0.29) is 45.5 Å². The standard InChI is InChI=1S/C31H41FIN4O4/c1-19-28(38)35-25(18-21-10-14-23(32)15-11-21)29(39)34-17-16-31(3,4)24-8-6-7-9-26(24)41-20(2)33-36-27(22-12-13-22)30(40)37(19)5/h6-11,14-15,19-20,22,25,27,36H,12-13,16-18H2,1-5H3,(H,34,39)(H,35,38)/q-1/t19-,20-,25-,27+/m1/s1. The molecule has 1 heterocycles. The topological polar surface area (TPSA) is 99.8 Å². The number of nitrogens with one attached hydrogen (secondary N) is 3. The Balaban J connectivity index is 1.62. The number of carbonyl (C=O) groups is 3. The molecule has 41 heavy (non-hydrogen) atoms. The zero-order valence-electron chi connectivity index (χ0n) is 24.4. The minimum atomic E-state index is -0.888. The van der Waals surface area contributed by atoms with Gasteiger partial charge in [-0.15, -0.1) is 0 Å². The first-order chi connectivity index (χ1) is 19.5. The Morgan fingerprint density at radius 3 is 2.39 bits per heavy atom. The van der Waals surface area contributed by atoms with Crippen molar-refractivity contribution in [3.63, 3.8) is 0 Å². The first kappa shape index (κ1) is 31.2. The van der Waals surface area contributed by atoms with E-state index in [4.69, 9.17) is 4.74 Å². The summed E-state index contributed by atoms with van der Waals surface area (Å²) < 4.78 is 23.4. The van der Waals surface area contributed by atoms with Gasteiger partial charge < -0.3 is 0 Å². The molecular formula is C31H41FIN4O4-. The minimum absolute atomic E-state index is 0.0864. The van der Waals surface area contributed by atoms with E-state index in [2.05, 4.69) is 34.1 Å². The number of halogens is 2. The Labute approximate surface area is 252 Å². The van der Waals surface area contributed by atoms with Gasteiger partial charge in [0.1, 0.15) is 5.82 Å². The number of carbonyl (C=O) groups excluding carboxylic acids is 3. The number of benzene rings is 2. The number of para-hydroxylation sites is 1. The van der Waals surface area contributed by atoms with Gasteiger partial charge in [-0.3, -0.25) is 0 Å². The zero-order chi connectivity index (χ0) is 29.7. The van der Waals surface area contributed by atoms with Crippen LogP contribution in [0, 0.1) is 11.7 Å². The van der Waals surface area contributed by atoms with Crippen LogP contribution in [0.25, 0.3) is 0 Å². The summed E-state index contributed by atoms with van der Waals surface area (Å²) in [5, 5.41) is 5.86. The van der Waals surface area contributed by atoms with Crippen molar-refractivity contribution in [3.8, 4) is 5.75 Å². The van der Waals surface area contributed by atoms with Crippen LogP contribution in [0.2, 0.25) is 0 Å². The van der Waals surface area contributed by atoms with Gasteiger partial charge >= 0.3 is 243 Å². The second kappa shape index (κ2) is 13.5. The molecule has 0 aromatic heterocycles. The van der Waals surface area contributed by atoms with Crippen LogP contribution >= 0.6 is 0 Å². The van der Waals surface area contributed by atoms with Crippen LogP contribution < -0.4 is 40.4 Å². The second-order valence-electron chi connectivity index (χ2n) is 11.6. The fourth-order valence-electron chi connectivity index (χ4n) is 4.95. The number of nitrogens with zero attached hydrogens (tertiary/aromatic N) is 1. The molecule has 3 N–H and O–H groups in total. The second-order valence-corrected chi connectivity index (χ2v) is 14.6. The number of amides is 3. The van der Waals surface area contributed by atoms with Gasteiger partial charge in [0.05, 0.1) is 0 Å². The van der Waals surface area contributed by atoms with Crippen LogP contribution in [0.15, 0.2) is 48.5 Å². The van der Waals surface area contributed by atoms with E-state index in [1.165, 1.54) is 17.0 Å². The van der Waals surface area contributed by atoms with Crippen LogP contribution in [0.4, 0.5) is 4.39 Å². The molecule has 1 aliphatic carbocycles. The first-order valence-corrected chi connectivity index (χ1v) is 16.5. The molecule has 0 spiro atoms. The maximum atomic E-state index is 13.6. The number of hydrogen-bond donors (Lipinski definition) is 3. The van der Waals surface area contributed by atoms with Crippen molar-refractivity contribution in [2.45, 2.75) is 81.0 Å². The van der Waals surface area contributed by atoms with Gasteiger partial charge in [-0.05, 0) is 0 Å². The number of alkyl halides is 1. The van der Waals surface area contributed by atoms with Gasteiger partial charge in [0.15, 0.2) is 0 Å². The van der Waals surface area contributed by atoms with E-state index in [1.807, 2.05) is 25.1 Å². The van der Waals surface area contributed by atoms with Gasteiger partial charge in [0, 0.05) is 0 Å². The Bertz CT molecular complexity index is 1240. The molecule has 4 atom stereocenters. The molecule has 0 radical (unpaired) electrons. The van der Waals surface area contributed by atoms with Gasteiger partial charge in [-0.2, -0.15) is 0 Å². The van der Waals surface area contributed by atoms with Gasteiger partial charge in [-0.1, -0.05) is 0 Å². The van der Waals surface area contributed by atoms with E-state index >= 15 is 0 Å². The Morgan fingerprint density at radius 1 is 1.02 bits per heavy atom. The molecule has 1 fully saturated rings. The van der Waals surface area contributed by atoms with Crippen LogP contribution in [0.1, 0.15) is 58.1 Å². The number of hydrogen-bond acceptors (Lipinski definition) is 5. The van der Waals surface area contributed by atoms with Crippen molar-refractivity contribution < 1.29 is 45.0 Å². The fourth-order valence-corrected chi connectivity index (χ4v) is 7.02. The van der Waals surface area contributed by atoms with Crippen molar-refractivity contribution in [3.05, 3.63) is 65.5 Å². The number of likely N-dealkylation sites (N-methyl/N-ethyl adjacent to an activating group) is 1. The summed E-state index contributed by atoms with van der Waals surface area (Å²) in [7, 11) is 1.63. The molecule has 10 heteroatoms. The average Bonchev–Trinajstić information content (AvgIpc) is 3.78. The van der Waals surface area contributed by atoms with Crippen LogP contribution in [0.3, 0.4) is 0 Å². The summed E-state index contributed by atoms with van der Waals surface area (Å²) in [6.45, 7) is 8.32. The SMILES string of the molecule is C[C@@H]1C(=O)N[C@H](Cc2ccc(F)cc2)C(=O)NCCC(C)(C)c2ccccc2O[C@H](C)[I-]N[C@@H](C2CC2)C(=O)N1C. The van der Waals surface area contributed by atoms with Crippen LogP contribution in [0.5, 0.6) is 5.75 Å². The van der Waals surface area contributed by atoms with E-state index in [9.17, 15) is 18.8 Å². The Hall–Kier alpha value is -2.73. The van der Waals surface area contributed by atoms with Crippen molar-refractivity contribution in [2.75, 3.05) is 13.6 Å². The number of rotatable bonds is 3. The third-order valence-electron chi connectivity index (χ3n) is 7.94. The molecule has 0 unspecified atom stereocenters. The molecule has 4 rings (SSSR count). The van der Waals surface area contributed by atoms with Gasteiger partial charge in [-0.25, -0.2) is 4.39 Å². The van der Waals surface area contributed by atoms with E-state index in [1.54, 1.807) is 26.1 Å². The number of fused-ring (bicyclic) bond motifs is 1. The van der Waals surface area contributed by atoms with Crippen LogP contribution in [-0.4, -0.2) is 58.5 Å². The van der Waals surface area contributed by atoms with Crippen molar-refractivity contribution in [1.82, 2.24) is 19.1 Å². The summed E-state index contributed by atoms with van der Waals surface area (Å²) in [6, 6.07) is 11.8. The predicted octanol–water partition coefficient (Wildman–Crippen LogP) is 0.295. The zero-order valence-corrected chi connectivity index (χ0v) is 26.5. The Morgan fingerprint density at radius 2 is 1.71 bits per heavy atom. The third-order valence-corrected chi connectivity index (χ3v) is 10.1. The quantitative estimate of drug-likeness (QED) is 0.247. The molecule has 224 valence electrons. The molecule has 1 aliphatic heterocycles. The molecule has 2 aromatic rings. The molecule has 2 aliphatic rings. The summed E-state index contributed by atoms with van der Waals surface area (Å²) in [5.41, 5.74) is 1.46. The molecule has 3 amide bonds. The van der Waals surface area contributed by atoms with Crippen molar-refractivity contribution in [2.24, 2.45) is 5.92 Å². The summed E-state index contributed by atoms with van der Waals surface area (Å²) in [6.07, 6.45) is 2.77. The molecule has 8 nitrogen and oxygen atoms in total. The van der Waals surface area contributed by atoms with E-state index < -0.39 is 39.5 Å². The maximum absolute atomic E-state index is 13.6. The van der Waals surface area contributed by atoms with Gasteiger partial charge in [0.25, 0.3) is 0 Å². The summed E-state index contributed by atoms with van der Waals surface area (Å²) in [5.74, 6) is -0.214. The molecule has 0 saturated heterocycles. The van der Waals surface area contributed by atoms with E-state index in [0.717, 1.165) is 24.2 Å². The molecule has 2 aromatic carbocycles. The van der Waals surface area contributed by atoms with Crippen LogP contribution in [-0.2, 0) is 26.2 Å². The fraction of sp³-hybridized carbons (Fsp3) is 0.516. The van der Waals surface area contributed by atoms with Gasteiger partial charge in [0.2, 0.25) is 0 Å². The van der Waals surface area contributed by atoms with Crippen molar-refractivity contribution in [1.29, 1.82) is 0 Å². The summed E-state index contributed by atoms with van der Waals surface area (Å²) >= 11 is -0.695. The third kappa shape index (κ3) is 8.18. The first-order valence-electron chi connectivity index (χ1n) is 14.2. The van der Waals surface area contributed by atoms with Crippen molar-refractivity contribution >= 4 is 17.7 Å². The molecular weight excluding hydrogens is 638 g/mol. The average molecular weight is 680 g/mol.